The van der Waals surface area contributed by atoms with Gasteiger partial charge in [-0.3, -0.25) is 0 Å². The molecule has 142 valence electrons. The van der Waals surface area contributed by atoms with Crippen molar-refractivity contribution >= 4 is 52.6 Å². The van der Waals surface area contributed by atoms with Crippen LogP contribution in [0.4, 0.5) is 0 Å². The maximum Gasteiger partial charge on any atom is 0.189 e. The number of ether oxygens (including phenoxy) is 1. The SMILES string of the molecule is Cn1c(CN=C(N)NC2CCOc3ccccc32)nc2cc(Cl)ccc21.I. The van der Waals surface area contributed by atoms with Crippen LogP contribution in [0.5, 0.6) is 5.75 Å². The predicted molar refractivity (Wildman–Crippen MR) is 119 cm³/mol. The standard InChI is InChI=1S/C19H20ClN5O.HI/c1-25-16-7-6-12(20)10-15(16)23-18(25)11-22-19(21)24-14-8-9-26-17-5-3-2-4-13(14)17;/h2-7,10,14H,8-9,11H2,1H3,(H3,21,22,24);1H. The summed E-state index contributed by atoms with van der Waals surface area (Å²) in [6.45, 7) is 1.06. The van der Waals surface area contributed by atoms with Crippen molar-refractivity contribution in [1.29, 1.82) is 0 Å². The second-order valence-electron chi connectivity index (χ2n) is 6.29. The lowest BCUT2D eigenvalue weighted by atomic mass is 10.0. The molecule has 0 saturated carbocycles. The molecule has 2 heterocycles. The van der Waals surface area contributed by atoms with Gasteiger partial charge < -0.3 is 20.4 Å². The summed E-state index contributed by atoms with van der Waals surface area (Å²) in [6, 6.07) is 13.8. The zero-order valence-corrected chi connectivity index (χ0v) is 17.9. The molecule has 0 amide bonds. The smallest absolute Gasteiger partial charge is 0.189 e. The van der Waals surface area contributed by atoms with Gasteiger partial charge in [0.05, 0.1) is 23.7 Å². The summed E-state index contributed by atoms with van der Waals surface area (Å²) < 4.78 is 7.68. The van der Waals surface area contributed by atoms with E-state index in [9.17, 15) is 0 Å². The van der Waals surface area contributed by atoms with Crippen molar-refractivity contribution in [3.8, 4) is 5.75 Å². The van der Waals surface area contributed by atoms with Crippen molar-refractivity contribution in [2.24, 2.45) is 17.8 Å². The third-order valence-corrected chi connectivity index (χ3v) is 4.84. The van der Waals surface area contributed by atoms with Gasteiger partial charge in [0, 0.05) is 24.1 Å². The van der Waals surface area contributed by atoms with Gasteiger partial charge in [0.1, 0.15) is 18.1 Å². The number of rotatable bonds is 3. The Labute approximate surface area is 179 Å². The molecule has 6 nitrogen and oxygen atoms in total. The second-order valence-corrected chi connectivity index (χ2v) is 6.73. The van der Waals surface area contributed by atoms with E-state index in [2.05, 4.69) is 21.4 Å². The van der Waals surface area contributed by atoms with Gasteiger partial charge in [-0.05, 0) is 24.3 Å². The van der Waals surface area contributed by atoms with Crippen LogP contribution in [0.15, 0.2) is 47.5 Å². The lowest BCUT2D eigenvalue weighted by molar-refractivity contribution is 0.262. The molecule has 0 spiro atoms. The number of aryl methyl sites for hydroxylation is 1. The molecule has 0 radical (unpaired) electrons. The quantitative estimate of drug-likeness (QED) is 0.328. The Bertz CT molecular complexity index is 987. The minimum absolute atomic E-state index is 0. The molecule has 0 fully saturated rings. The van der Waals surface area contributed by atoms with Crippen LogP contribution in [0, 0.1) is 0 Å². The fourth-order valence-electron chi connectivity index (χ4n) is 3.24. The topological polar surface area (TPSA) is 77.5 Å². The minimum Gasteiger partial charge on any atom is -0.493 e. The third kappa shape index (κ3) is 4.14. The summed E-state index contributed by atoms with van der Waals surface area (Å²) in [6.07, 6.45) is 0.845. The summed E-state index contributed by atoms with van der Waals surface area (Å²) >= 11 is 6.04. The Morgan fingerprint density at radius 1 is 1.37 bits per heavy atom. The number of benzene rings is 2. The number of guanidine groups is 1. The van der Waals surface area contributed by atoms with Gasteiger partial charge >= 0.3 is 0 Å². The largest absolute Gasteiger partial charge is 0.493 e. The van der Waals surface area contributed by atoms with Crippen LogP contribution in [0.25, 0.3) is 11.0 Å². The molecule has 1 unspecified atom stereocenters. The van der Waals surface area contributed by atoms with Crippen LogP contribution in [-0.2, 0) is 13.6 Å². The van der Waals surface area contributed by atoms with Crippen LogP contribution >= 0.6 is 35.6 Å². The molecule has 1 aliphatic heterocycles. The van der Waals surface area contributed by atoms with E-state index in [1.54, 1.807) is 0 Å². The van der Waals surface area contributed by atoms with E-state index < -0.39 is 0 Å². The Morgan fingerprint density at radius 2 is 2.19 bits per heavy atom. The molecule has 1 atom stereocenters. The van der Waals surface area contributed by atoms with Crippen molar-refractivity contribution in [2.75, 3.05) is 6.61 Å². The summed E-state index contributed by atoms with van der Waals surface area (Å²) in [4.78, 5) is 9.06. The molecule has 1 aliphatic rings. The molecule has 8 heteroatoms. The van der Waals surface area contributed by atoms with E-state index in [0.29, 0.717) is 24.1 Å². The molecule has 0 bridgehead atoms. The molecular formula is C19H21ClIN5O. The maximum atomic E-state index is 6.12. The molecule has 2 aromatic carbocycles. The molecule has 1 aromatic heterocycles. The third-order valence-electron chi connectivity index (χ3n) is 4.61. The van der Waals surface area contributed by atoms with Gasteiger partial charge in [0.2, 0.25) is 0 Å². The maximum absolute atomic E-state index is 6.12. The fraction of sp³-hybridized carbons (Fsp3) is 0.263. The van der Waals surface area contributed by atoms with Crippen molar-refractivity contribution < 1.29 is 4.74 Å². The Morgan fingerprint density at radius 3 is 3.04 bits per heavy atom. The Balaban J connectivity index is 0.00000210. The zero-order valence-electron chi connectivity index (χ0n) is 14.9. The van der Waals surface area contributed by atoms with Crippen LogP contribution in [0.2, 0.25) is 5.02 Å². The first-order valence-electron chi connectivity index (χ1n) is 8.51. The van der Waals surface area contributed by atoms with E-state index in [1.807, 2.05) is 48.0 Å². The highest BCUT2D eigenvalue weighted by molar-refractivity contribution is 14.0. The Kier molecular flexibility index (Phi) is 6.11. The van der Waals surface area contributed by atoms with Crippen LogP contribution < -0.4 is 15.8 Å². The number of aromatic nitrogens is 2. The number of nitrogens with zero attached hydrogens (tertiary/aromatic N) is 3. The average Bonchev–Trinajstić information content (AvgIpc) is 2.95. The highest BCUT2D eigenvalue weighted by atomic mass is 127. The van der Waals surface area contributed by atoms with Gasteiger partial charge in [-0.15, -0.1) is 24.0 Å². The van der Waals surface area contributed by atoms with E-state index in [-0.39, 0.29) is 30.0 Å². The monoisotopic (exact) mass is 497 g/mol. The highest BCUT2D eigenvalue weighted by Crippen LogP contribution is 2.31. The minimum atomic E-state index is 0. The molecule has 4 rings (SSSR count). The summed E-state index contributed by atoms with van der Waals surface area (Å²) in [7, 11) is 1.96. The number of aliphatic imine (C=N–C) groups is 1. The van der Waals surface area contributed by atoms with Crippen molar-refractivity contribution in [2.45, 2.75) is 19.0 Å². The lowest BCUT2D eigenvalue weighted by Crippen LogP contribution is -2.37. The number of fused-ring (bicyclic) bond motifs is 2. The van der Waals surface area contributed by atoms with Gasteiger partial charge in [0.25, 0.3) is 0 Å². The van der Waals surface area contributed by atoms with Crippen LogP contribution in [0.3, 0.4) is 0 Å². The van der Waals surface area contributed by atoms with Crippen LogP contribution in [0.1, 0.15) is 23.9 Å². The number of nitrogens with one attached hydrogen (secondary N) is 1. The van der Waals surface area contributed by atoms with Gasteiger partial charge in [-0.2, -0.15) is 0 Å². The molecule has 0 saturated heterocycles. The summed E-state index contributed by atoms with van der Waals surface area (Å²) in [5, 5.41) is 3.97. The molecule has 27 heavy (non-hydrogen) atoms. The average molecular weight is 498 g/mol. The molecule has 3 N–H and O–H groups in total. The van der Waals surface area contributed by atoms with E-state index in [4.69, 9.17) is 22.1 Å². The Hall–Kier alpha value is -2.00. The normalized spacial score (nSPS) is 16.4. The van der Waals surface area contributed by atoms with E-state index in [0.717, 1.165) is 34.6 Å². The number of halogens is 2. The second kappa shape index (κ2) is 8.35. The van der Waals surface area contributed by atoms with Crippen molar-refractivity contribution in [1.82, 2.24) is 14.9 Å². The first-order valence-corrected chi connectivity index (χ1v) is 8.88. The van der Waals surface area contributed by atoms with E-state index >= 15 is 0 Å². The predicted octanol–water partition coefficient (Wildman–Crippen LogP) is 3.77. The zero-order chi connectivity index (χ0) is 18.1. The van der Waals surface area contributed by atoms with Crippen molar-refractivity contribution in [3.05, 3.63) is 58.9 Å². The molecular weight excluding hydrogens is 477 g/mol. The van der Waals surface area contributed by atoms with Crippen molar-refractivity contribution in [3.63, 3.8) is 0 Å². The first-order chi connectivity index (χ1) is 12.6. The van der Waals surface area contributed by atoms with Gasteiger partial charge in [-0.25, -0.2) is 9.98 Å². The number of hydrogen-bond acceptors (Lipinski definition) is 3. The summed E-state index contributed by atoms with van der Waals surface area (Å²) in [5.41, 5.74) is 9.10. The van der Waals surface area contributed by atoms with E-state index in [1.165, 1.54) is 0 Å². The lowest BCUT2D eigenvalue weighted by Gasteiger charge is -2.26. The van der Waals surface area contributed by atoms with Gasteiger partial charge in [0.15, 0.2) is 5.96 Å². The number of imidazole rings is 1. The number of nitrogens with two attached hydrogens (primary N) is 1. The summed E-state index contributed by atoms with van der Waals surface area (Å²) in [5.74, 6) is 2.13. The molecule has 3 aromatic rings. The number of para-hydroxylation sites is 1. The first kappa shape index (κ1) is 19.8. The van der Waals surface area contributed by atoms with Crippen LogP contribution in [-0.4, -0.2) is 22.1 Å². The number of hydrogen-bond donors (Lipinski definition) is 2. The molecule has 0 aliphatic carbocycles. The highest BCUT2D eigenvalue weighted by Gasteiger charge is 2.21. The fourth-order valence-corrected chi connectivity index (χ4v) is 3.40. The van der Waals surface area contributed by atoms with Gasteiger partial charge in [-0.1, -0.05) is 29.8 Å².